The van der Waals surface area contributed by atoms with Crippen LogP contribution in [0.4, 0.5) is 0 Å². The zero-order valence-corrected chi connectivity index (χ0v) is 13.0. The number of amides is 1. The van der Waals surface area contributed by atoms with Gasteiger partial charge in [0, 0.05) is 24.3 Å². The van der Waals surface area contributed by atoms with Crippen molar-refractivity contribution in [1.82, 2.24) is 4.90 Å². The van der Waals surface area contributed by atoms with Gasteiger partial charge in [0.15, 0.2) is 0 Å². The summed E-state index contributed by atoms with van der Waals surface area (Å²) in [5.74, 6) is 1.27. The first-order valence-corrected chi connectivity index (χ1v) is 7.79. The van der Waals surface area contributed by atoms with Crippen LogP contribution in [0, 0.1) is 22.7 Å². The number of nitrogens with zero attached hydrogens (tertiary/aromatic N) is 1. The molecule has 1 aliphatic carbocycles. The van der Waals surface area contributed by atoms with Crippen LogP contribution in [0.25, 0.3) is 0 Å². The molecule has 0 aromatic rings. The molecule has 0 aromatic heterocycles. The molecule has 1 aliphatic heterocycles. The molecule has 0 spiro atoms. The van der Waals surface area contributed by atoms with E-state index in [1.54, 1.807) is 0 Å². The van der Waals surface area contributed by atoms with Gasteiger partial charge in [-0.2, -0.15) is 0 Å². The Labute approximate surface area is 113 Å². The fourth-order valence-corrected chi connectivity index (χ4v) is 3.92. The highest BCUT2D eigenvalue weighted by molar-refractivity contribution is 9.09. The second-order valence-corrected chi connectivity index (χ2v) is 7.47. The third-order valence-corrected chi connectivity index (χ3v) is 6.23. The Kier molecular flexibility index (Phi) is 3.35. The van der Waals surface area contributed by atoms with Crippen molar-refractivity contribution in [2.24, 2.45) is 22.7 Å². The Balaban J connectivity index is 2.02. The standard InChI is InChI=1S/C14H24BrNO/c1-13(2)11(14(13,3)4)12(17)16-7-5-6-10(8-15)9-16/h10-11H,5-9H2,1-4H3. The van der Waals surface area contributed by atoms with E-state index in [1.165, 1.54) is 6.42 Å². The summed E-state index contributed by atoms with van der Waals surface area (Å²) in [4.78, 5) is 14.7. The fourth-order valence-electron chi connectivity index (χ4n) is 3.39. The largest absolute Gasteiger partial charge is 0.342 e. The summed E-state index contributed by atoms with van der Waals surface area (Å²) in [6, 6.07) is 0. The summed E-state index contributed by atoms with van der Waals surface area (Å²) >= 11 is 3.55. The second-order valence-electron chi connectivity index (χ2n) is 6.82. The van der Waals surface area contributed by atoms with Crippen LogP contribution in [0.2, 0.25) is 0 Å². The molecule has 3 heteroatoms. The van der Waals surface area contributed by atoms with Crippen LogP contribution in [0.15, 0.2) is 0 Å². The molecular formula is C14H24BrNO. The summed E-state index contributed by atoms with van der Waals surface area (Å²) in [5.41, 5.74) is 0.344. The average molecular weight is 302 g/mol. The normalized spacial score (nSPS) is 31.4. The summed E-state index contributed by atoms with van der Waals surface area (Å²) in [7, 11) is 0. The van der Waals surface area contributed by atoms with Crippen molar-refractivity contribution >= 4 is 21.8 Å². The van der Waals surface area contributed by atoms with E-state index in [2.05, 4.69) is 48.5 Å². The Hall–Kier alpha value is -0.0500. The monoisotopic (exact) mass is 301 g/mol. The van der Waals surface area contributed by atoms with Gasteiger partial charge in [-0.05, 0) is 29.6 Å². The number of carbonyl (C=O) groups is 1. The number of rotatable bonds is 2. The van der Waals surface area contributed by atoms with Crippen molar-refractivity contribution in [3.05, 3.63) is 0 Å². The first kappa shape index (κ1) is 13.4. The molecule has 1 saturated heterocycles. The van der Waals surface area contributed by atoms with Crippen molar-refractivity contribution in [2.75, 3.05) is 18.4 Å². The average Bonchev–Trinajstić information content (AvgIpc) is 2.69. The molecule has 0 bridgehead atoms. The Morgan fingerprint density at radius 2 is 1.88 bits per heavy atom. The molecule has 1 heterocycles. The number of hydrogen-bond donors (Lipinski definition) is 0. The zero-order chi connectivity index (χ0) is 12.8. The summed E-state index contributed by atoms with van der Waals surface area (Å²) in [6.07, 6.45) is 2.42. The van der Waals surface area contributed by atoms with Crippen LogP contribution < -0.4 is 0 Å². The van der Waals surface area contributed by atoms with E-state index in [4.69, 9.17) is 0 Å². The summed E-state index contributed by atoms with van der Waals surface area (Å²) < 4.78 is 0. The maximum Gasteiger partial charge on any atom is 0.226 e. The number of alkyl halides is 1. The fraction of sp³-hybridized carbons (Fsp3) is 0.929. The van der Waals surface area contributed by atoms with Crippen LogP contribution >= 0.6 is 15.9 Å². The number of halogens is 1. The number of carbonyl (C=O) groups excluding carboxylic acids is 1. The summed E-state index contributed by atoms with van der Waals surface area (Å²) in [5, 5.41) is 1.02. The predicted octanol–water partition coefficient (Wildman–Crippen LogP) is 3.30. The maximum absolute atomic E-state index is 12.6. The number of piperidine rings is 1. The molecule has 1 atom stereocenters. The van der Waals surface area contributed by atoms with E-state index in [1.807, 2.05) is 0 Å². The number of hydrogen-bond acceptors (Lipinski definition) is 1. The molecule has 2 rings (SSSR count). The lowest BCUT2D eigenvalue weighted by molar-refractivity contribution is -0.135. The van der Waals surface area contributed by atoms with E-state index >= 15 is 0 Å². The lowest BCUT2D eigenvalue weighted by Gasteiger charge is -2.32. The van der Waals surface area contributed by atoms with Crippen LogP contribution in [0.1, 0.15) is 40.5 Å². The van der Waals surface area contributed by atoms with E-state index < -0.39 is 0 Å². The van der Waals surface area contributed by atoms with Gasteiger partial charge in [-0.3, -0.25) is 4.79 Å². The highest BCUT2D eigenvalue weighted by Crippen LogP contribution is 2.68. The van der Waals surface area contributed by atoms with Crippen molar-refractivity contribution in [3.63, 3.8) is 0 Å². The molecule has 0 N–H and O–H groups in total. The van der Waals surface area contributed by atoms with Crippen LogP contribution in [-0.4, -0.2) is 29.2 Å². The third-order valence-electron chi connectivity index (χ3n) is 5.32. The van der Waals surface area contributed by atoms with Gasteiger partial charge in [-0.15, -0.1) is 0 Å². The molecule has 17 heavy (non-hydrogen) atoms. The molecule has 2 nitrogen and oxygen atoms in total. The minimum absolute atomic E-state index is 0.172. The van der Waals surface area contributed by atoms with Crippen molar-refractivity contribution in [1.29, 1.82) is 0 Å². The lowest BCUT2D eigenvalue weighted by atomic mass is 9.99. The van der Waals surface area contributed by atoms with Gasteiger partial charge in [0.05, 0.1) is 0 Å². The first-order chi connectivity index (χ1) is 7.82. The quantitative estimate of drug-likeness (QED) is 0.717. The SMILES string of the molecule is CC1(C)C(C(=O)N2CCCC(CBr)C2)C1(C)C. The van der Waals surface area contributed by atoms with Crippen LogP contribution in [-0.2, 0) is 4.79 Å². The smallest absolute Gasteiger partial charge is 0.226 e. The van der Waals surface area contributed by atoms with E-state index in [-0.39, 0.29) is 16.7 Å². The van der Waals surface area contributed by atoms with E-state index in [0.717, 1.165) is 24.8 Å². The van der Waals surface area contributed by atoms with Crippen molar-refractivity contribution in [2.45, 2.75) is 40.5 Å². The van der Waals surface area contributed by atoms with E-state index in [0.29, 0.717) is 11.8 Å². The zero-order valence-electron chi connectivity index (χ0n) is 11.4. The highest BCUT2D eigenvalue weighted by Gasteiger charge is 2.68. The number of likely N-dealkylation sites (tertiary alicyclic amines) is 1. The molecule has 0 aromatic carbocycles. The van der Waals surface area contributed by atoms with Crippen LogP contribution in [0.5, 0.6) is 0 Å². The molecule has 0 radical (unpaired) electrons. The molecule has 1 saturated carbocycles. The van der Waals surface area contributed by atoms with Crippen molar-refractivity contribution in [3.8, 4) is 0 Å². The molecule has 2 aliphatic rings. The second kappa shape index (κ2) is 4.25. The molecule has 2 fully saturated rings. The van der Waals surface area contributed by atoms with Crippen LogP contribution in [0.3, 0.4) is 0 Å². The Bertz CT molecular complexity index is 310. The highest BCUT2D eigenvalue weighted by atomic mass is 79.9. The molecular weight excluding hydrogens is 278 g/mol. The topological polar surface area (TPSA) is 20.3 Å². The van der Waals surface area contributed by atoms with Crippen molar-refractivity contribution < 1.29 is 4.79 Å². The first-order valence-electron chi connectivity index (χ1n) is 6.67. The van der Waals surface area contributed by atoms with Gasteiger partial charge in [0.25, 0.3) is 0 Å². The maximum atomic E-state index is 12.6. The van der Waals surface area contributed by atoms with Gasteiger partial charge in [0.1, 0.15) is 0 Å². The van der Waals surface area contributed by atoms with Gasteiger partial charge < -0.3 is 4.90 Å². The van der Waals surface area contributed by atoms with E-state index in [9.17, 15) is 4.79 Å². The van der Waals surface area contributed by atoms with Gasteiger partial charge in [-0.25, -0.2) is 0 Å². The third kappa shape index (κ3) is 2.05. The Morgan fingerprint density at radius 1 is 1.29 bits per heavy atom. The minimum Gasteiger partial charge on any atom is -0.342 e. The van der Waals surface area contributed by atoms with Gasteiger partial charge in [0.2, 0.25) is 5.91 Å². The minimum atomic E-state index is 0.172. The van der Waals surface area contributed by atoms with Gasteiger partial charge >= 0.3 is 0 Å². The van der Waals surface area contributed by atoms with Gasteiger partial charge in [-0.1, -0.05) is 43.6 Å². The molecule has 1 amide bonds. The predicted molar refractivity (Wildman–Crippen MR) is 74.2 cm³/mol. The lowest BCUT2D eigenvalue weighted by Crippen LogP contribution is -2.42. The molecule has 1 unspecified atom stereocenters. The Morgan fingerprint density at radius 3 is 2.35 bits per heavy atom. The summed E-state index contributed by atoms with van der Waals surface area (Å²) in [6.45, 7) is 10.8. The molecule has 98 valence electrons.